The number of ether oxygens (including phenoxy) is 1. The van der Waals surface area contributed by atoms with Gasteiger partial charge >= 0.3 is 6.18 Å². The van der Waals surface area contributed by atoms with Crippen molar-refractivity contribution in [1.29, 1.82) is 0 Å². The maximum Gasteiger partial charge on any atom is 0.416 e. The summed E-state index contributed by atoms with van der Waals surface area (Å²) in [6, 6.07) is 13.2. The van der Waals surface area contributed by atoms with Gasteiger partial charge < -0.3 is 4.74 Å². The van der Waals surface area contributed by atoms with E-state index in [0.29, 0.717) is 23.5 Å². The predicted molar refractivity (Wildman–Crippen MR) is 71.5 cm³/mol. The Morgan fingerprint density at radius 3 is 2.40 bits per heavy atom. The van der Waals surface area contributed by atoms with Crippen LogP contribution in [-0.4, -0.2) is 6.61 Å². The number of alkyl halides is 3. The van der Waals surface area contributed by atoms with Crippen LogP contribution in [0, 0.1) is 6.07 Å². The zero-order chi connectivity index (χ0) is 14.6. The molecular weight excluding hydrogens is 265 g/mol. The molecule has 0 spiro atoms. The van der Waals surface area contributed by atoms with Crippen molar-refractivity contribution in [3.8, 4) is 16.9 Å². The monoisotopic (exact) mass is 279 g/mol. The van der Waals surface area contributed by atoms with E-state index in [1.54, 1.807) is 24.3 Å². The maximum absolute atomic E-state index is 12.7. The van der Waals surface area contributed by atoms with Gasteiger partial charge in [-0.2, -0.15) is 13.2 Å². The fraction of sp³-hybridized carbons (Fsp3) is 0.250. The summed E-state index contributed by atoms with van der Waals surface area (Å²) in [6.07, 6.45) is -3.43. The quantitative estimate of drug-likeness (QED) is 0.768. The molecule has 2 rings (SSSR count). The highest BCUT2D eigenvalue weighted by molar-refractivity contribution is 5.64. The number of hydrogen-bond acceptors (Lipinski definition) is 1. The second kappa shape index (κ2) is 5.99. The summed E-state index contributed by atoms with van der Waals surface area (Å²) in [7, 11) is 0. The highest BCUT2D eigenvalue weighted by atomic mass is 19.4. The molecule has 0 aliphatic rings. The lowest BCUT2D eigenvalue weighted by Crippen LogP contribution is -2.04. The van der Waals surface area contributed by atoms with Crippen molar-refractivity contribution < 1.29 is 17.9 Å². The molecule has 1 nitrogen and oxygen atoms in total. The Hall–Kier alpha value is -1.97. The normalized spacial score (nSPS) is 11.4. The highest BCUT2D eigenvalue weighted by Crippen LogP contribution is 2.32. The third-order valence-electron chi connectivity index (χ3n) is 2.77. The molecule has 0 fully saturated rings. The van der Waals surface area contributed by atoms with E-state index < -0.39 is 11.7 Å². The van der Waals surface area contributed by atoms with Crippen LogP contribution < -0.4 is 4.74 Å². The molecule has 0 saturated carbocycles. The molecule has 0 atom stereocenters. The van der Waals surface area contributed by atoms with Crippen LogP contribution in [0.1, 0.15) is 18.9 Å². The third-order valence-corrected chi connectivity index (χ3v) is 2.77. The molecule has 0 N–H and O–H groups in total. The van der Waals surface area contributed by atoms with Crippen LogP contribution in [0.15, 0.2) is 42.5 Å². The smallest absolute Gasteiger partial charge is 0.416 e. The molecule has 0 aliphatic heterocycles. The minimum absolute atomic E-state index is 0.418. The number of halogens is 3. The highest BCUT2D eigenvalue weighted by Gasteiger charge is 2.30. The Labute approximate surface area is 116 Å². The van der Waals surface area contributed by atoms with E-state index in [1.807, 2.05) is 6.92 Å². The summed E-state index contributed by atoms with van der Waals surface area (Å²) in [5.74, 6) is 0.711. The van der Waals surface area contributed by atoms with E-state index in [0.717, 1.165) is 18.6 Å². The standard InChI is InChI=1S/C16H14F3O/c1-2-10-20-15-8-6-12(7-9-15)13-4-3-5-14(11-13)16(17,18)19/h3,5-9,11H,2,10H2,1H3. The van der Waals surface area contributed by atoms with Crippen molar-refractivity contribution in [2.45, 2.75) is 19.5 Å². The van der Waals surface area contributed by atoms with Crippen molar-refractivity contribution in [1.82, 2.24) is 0 Å². The average Bonchev–Trinajstić information content (AvgIpc) is 2.45. The summed E-state index contributed by atoms with van der Waals surface area (Å²) in [4.78, 5) is 0. The molecule has 0 amide bonds. The molecule has 2 aromatic carbocycles. The van der Waals surface area contributed by atoms with Crippen LogP contribution in [0.4, 0.5) is 13.2 Å². The number of hydrogen-bond donors (Lipinski definition) is 0. The predicted octanol–water partition coefficient (Wildman–Crippen LogP) is 4.96. The van der Waals surface area contributed by atoms with Gasteiger partial charge in [0.05, 0.1) is 12.2 Å². The largest absolute Gasteiger partial charge is 0.494 e. The first-order chi connectivity index (χ1) is 9.50. The Balaban J connectivity index is 2.23. The first-order valence-corrected chi connectivity index (χ1v) is 6.33. The van der Waals surface area contributed by atoms with Crippen LogP contribution >= 0.6 is 0 Å². The lowest BCUT2D eigenvalue weighted by atomic mass is 10.0. The summed E-state index contributed by atoms with van der Waals surface area (Å²) in [5, 5.41) is 0. The summed E-state index contributed by atoms with van der Waals surface area (Å²) in [5.41, 5.74) is 0.430. The Morgan fingerprint density at radius 1 is 1.10 bits per heavy atom. The summed E-state index contributed by atoms with van der Waals surface area (Å²) in [6.45, 7) is 2.63. The van der Waals surface area contributed by atoms with Crippen molar-refractivity contribution in [3.63, 3.8) is 0 Å². The zero-order valence-corrected chi connectivity index (χ0v) is 11.0. The first-order valence-electron chi connectivity index (χ1n) is 6.33. The van der Waals surface area contributed by atoms with Crippen LogP contribution in [-0.2, 0) is 6.18 Å². The molecule has 0 aliphatic carbocycles. The molecule has 0 unspecified atom stereocenters. The molecule has 1 radical (unpaired) electrons. The van der Waals surface area contributed by atoms with Gasteiger partial charge in [-0.05, 0) is 47.9 Å². The van der Waals surface area contributed by atoms with E-state index in [1.165, 1.54) is 6.07 Å². The van der Waals surface area contributed by atoms with Crippen LogP contribution in [0.25, 0.3) is 11.1 Å². The van der Waals surface area contributed by atoms with E-state index >= 15 is 0 Å². The van der Waals surface area contributed by atoms with Gasteiger partial charge in [-0.1, -0.05) is 25.1 Å². The second-order valence-electron chi connectivity index (χ2n) is 4.36. The topological polar surface area (TPSA) is 9.23 Å². The maximum atomic E-state index is 12.7. The third kappa shape index (κ3) is 3.53. The molecule has 4 heteroatoms. The van der Waals surface area contributed by atoms with Gasteiger partial charge in [0.2, 0.25) is 0 Å². The molecule has 0 saturated heterocycles. The molecule has 0 bridgehead atoms. The number of rotatable bonds is 4. The minimum atomic E-state index is -4.34. The first kappa shape index (κ1) is 14.4. The Bertz CT molecular complexity index is 559. The molecule has 20 heavy (non-hydrogen) atoms. The SMILES string of the molecule is CCCOc1ccc(-c2[c]ccc(C(F)(F)F)c2)cc1. The van der Waals surface area contributed by atoms with Crippen LogP contribution in [0.5, 0.6) is 5.75 Å². The van der Waals surface area contributed by atoms with E-state index in [9.17, 15) is 13.2 Å². The minimum Gasteiger partial charge on any atom is -0.494 e. The lowest BCUT2D eigenvalue weighted by Gasteiger charge is -2.09. The second-order valence-corrected chi connectivity index (χ2v) is 4.36. The number of benzene rings is 2. The molecule has 2 aromatic rings. The fourth-order valence-corrected chi connectivity index (χ4v) is 1.76. The van der Waals surface area contributed by atoms with Gasteiger partial charge in [0.25, 0.3) is 0 Å². The van der Waals surface area contributed by atoms with Gasteiger partial charge in [0.1, 0.15) is 5.75 Å². The van der Waals surface area contributed by atoms with Crippen LogP contribution in [0.3, 0.4) is 0 Å². The zero-order valence-electron chi connectivity index (χ0n) is 11.0. The van der Waals surface area contributed by atoms with Gasteiger partial charge in [0.15, 0.2) is 0 Å². The summed E-state index contributed by atoms with van der Waals surface area (Å²) < 4.78 is 43.4. The van der Waals surface area contributed by atoms with Crippen molar-refractivity contribution in [3.05, 3.63) is 54.1 Å². The molecule has 105 valence electrons. The lowest BCUT2D eigenvalue weighted by molar-refractivity contribution is -0.137. The van der Waals surface area contributed by atoms with E-state index in [2.05, 4.69) is 6.07 Å². The van der Waals surface area contributed by atoms with Gasteiger partial charge in [-0.25, -0.2) is 0 Å². The van der Waals surface area contributed by atoms with Crippen molar-refractivity contribution >= 4 is 0 Å². The van der Waals surface area contributed by atoms with Crippen molar-refractivity contribution in [2.24, 2.45) is 0 Å². The molecular formula is C16H14F3O. The Kier molecular flexibility index (Phi) is 4.32. The Morgan fingerprint density at radius 2 is 1.80 bits per heavy atom. The van der Waals surface area contributed by atoms with Crippen molar-refractivity contribution in [2.75, 3.05) is 6.61 Å². The van der Waals surface area contributed by atoms with Gasteiger partial charge in [0, 0.05) is 0 Å². The van der Waals surface area contributed by atoms with E-state index in [4.69, 9.17) is 4.74 Å². The summed E-state index contributed by atoms with van der Waals surface area (Å²) >= 11 is 0. The van der Waals surface area contributed by atoms with Gasteiger partial charge in [-0.3, -0.25) is 0 Å². The molecule has 0 heterocycles. The van der Waals surface area contributed by atoms with Crippen LogP contribution in [0.2, 0.25) is 0 Å². The van der Waals surface area contributed by atoms with Gasteiger partial charge in [-0.15, -0.1) is 0 Å². The average molecular weight is 279 g/mol. The molecule has 0 aromatic heterocycles. The van der Waals surface area contributed by atoms with E-state index in [-0.39, 0.29) is 0 Å². The fourth-order valence-electron chi connectivity index (χ4n) is 1.76.